The molecule has 0 fully saturated rings. The lowest BCUT2D eigenvalue weighted by Gasteiger charge is -2.05. The molecule has 0 aliphatic rings. The van der Waals surface area contributed by atoms with Crippen LogP contribution in [0.25, 0.3) is 22.3 Å². The van der Waals surface area contributed by atoms with Gasteiger partial charge in [0.25, 0.3) is 0 Å². The van der Waals surface area contributed by atoms with Crippen molar-refractivity contribution in [3.05, 3.63) is 65.2 Å². The number of rotatable bonds is 6. The zero-order chi connectivity index (χ0) is 23.2. The number of halogens is 1. The molecular formula is C21H18ClN7O2S2. The molecule has 5 rings (SSSR count). The van der Waals surface area contributed by atoms with Crippen molar-refractivity contribution in [3.8, 4) is 11.4 Å². The van der Waals surface area contributed by atoms with E-state index in [0.717, 1.165) is 16.5 Å². The van der Waals surface area contributed by atoms with Crippen LogP contribution in [0.3, 0.4) is 0 Å². The van der Waals surface area contributed by atoms with Crippen molar-refractivity contribution in [2.45, 2.75) is 17.7 Å². The third kappa shape index (κ3) is 4.22. The van der Waals surface area contributed by atoms with Crippen molar-refractivity contribution in [2.75, 3.05) is 5.32 Å². The van der Waals surface area contributed by atoms with Crippen LogP contribution in [0.15, 0.2) is 53.8 Å². The number of anilines is 2. The smallest absolute Gasteiger partial charge is 0.207 e. The van der Waals surface area contributed by atoms with Crippen LogP contribution in [0.2, 0.25) is 5.02 Å². The van der Waals surface area contributed by atoms with Gasteiger partial charge in [-0.1, -0.05) is 29.8 Å². The summed E-state index contributed by atoms with van der Waals surface area (Å²) in [5, 5.41) is 12.0. The second kappa shape index (κ2) is 8.25. The number of aromatic amines is 1. The van der Waals surface area contributed by atoms with Crippen LogP contribution in [0.4, 0.5) is 10.8 Å². The number of aromatic nitrogens is 6. The highest BCUT2D eigenvalue weighted by atomic mass is 35.5. The van der Waals surface area contributed by atoms with Gasteiger partial charge in [-0.3, -0.25) is 5.10 Å². The van der Waals surface area contributed by atoms with Gasteiger partial charge in [-0.2, -0.15) is 14.5 Å². The topological polar surface area (TPSA) is 118 Å². The van der Waals surface area contributed by atoms with Crippen molar-refractivity contribution in [2.24, 2.45) is 7.05 Å². The average molecular weight is 500 g/mol. The molecule has 3 aromatic heterocycles. The first-order chi connectivity index (χ1) is 15.8. The normalized spacial score (nSPS) is 11.8. The third-order valence-electron chi connectivity index (χ3n) is 5.17. The fourth-order valence-corrected chi connectivity index (χ4v) is 5.58. The number of benzene rings is 2. The Labute approximate surface area is 198 Å². The molecule has 0 atom stereocenters. The standard InChI is InChI=1S/C21H18ClN7O2S2/c1-12-24-18(10-29(12)2)33(30,31)11-13-4-3-5-14(8-13)20-26-21(32-28-20)25-17-7-6-16-15(19(17)22)9-23-27-16/h3-10H,11H2,1-2H3,(H,23,27)(H,25,26,28). The molecule has 33 heavy (non-hydrogen) atoms. The number of hydrogen-bond acceptors (Lipinski definition) is 8. The zero-order valence-electron chi connectivity index (χ0n) is 17.6. The minimum Gasteiger partial charge on any atom is -0.337 e. The molecule has 0 spiro atoms. The lowest BCUT2D eigenvalue weighted by atomic mass is 10.1. The zero-order valence-corrected chi connectivity index (χ0v) is 20.0. The molecule has 0 amide bonds. The van der Waals surface area contributed by atoms with Crippen LogP contribution in [-0.4, -0.2) is 37.5 Å². The number of fused-ring (bicyclic) bond motifs is 1. The van der Waals surface area contributed by atoms with Crippen molar-refractivity contribution in [3.63, 3.8) is 0 Å². The lowest BCUT2D eigenvalue weighted by Crippen LogP contribution is -2.05. The molecule has 0 bridgehead atoms. The number of hydrogen-bond donors (Lipinski definition) is 2. The lowest BCUT2D eigenvalue weighted by molar-refractivity contribution is 0.592. The highest BCUT2D eigenvalue weighted by molar-refractivity contribution is 7.90. The molecule has 0 saturated carbocycles. The molecule has 2 aromatic carbocycles. The first kappa shape index (κ1) is 21.6. The predicted molar refractivity (Wildman–Crippen MR) is 129 cm³/mol. The molecule has 3 heterocycles. The molecule has 0 unspecified atom stereocenters. The van der Waals surface area contributed by atoms with Crippen LogP contribution in [0, 0.1) is 6.92 Å². The quantitative estimate of drug-likeness (QED) is 0.353. The van der Waals surface area contributed by atoms with Gasteiger partial charge < -0.3 is 9.88 Å². The number of nitrogens with one attached hydrogen (secondary N) is 2. The fraction of sp³-hybridized carbons (Fsp3) is 0.143. The molecule has 9 nitrogen and oxygen atoms in total. The highest BCUT2D eigenvalue weighted by Gasteiger charge is 2.20. The summed E-state index contributed by atoms with van der Waals surface area (Å²) in [4.78, 5) is 8.70. The maximum absolute atomic E-state index is 12.8. The summed E-state index contributed by atoms with van der Waals surface area (Å²) in [7, 11) is -1.81. The van der Waals surface area contributed by atoms with Crippen LogP contribution < -0.4 is 5.32 Å². The number of H-pyrrole nitrogens is 1. The Hall–Kier alpha value is -3.28. The highest BCUT2D eigenvalue weighted by Crippen LogP contribution is 2.33. The summed E-state index contributed by atoms with van der Waals surface area (Å²) in [6.45, 7) is 1.76. The molecule has 2 N–H and O–H groups in total. The van der Waals surface area contributed by atoms with E-state index < -0.39 is 9.84 Å². The van der Waals surface area contributed by atoms with Gasteiger partial charge in [-0.15, -0.1) is 0 Å². The molecule has 0 aliphatic carbocycles. The first-order valence-electron chi connectivity index (χ1n) is 9.84. The van der Waals surface area contributed by atoms with Crippen LogP contribution in [0.1, 0.15) is 11.4 Å². The molecule has 0 aliphatic heterocycles. The SMILES string of the molecule is Cc1nc(S(=O)(=O)Cc2cccc(-c3nsc(Nc4ccc5[nH]ncc5c4Cl)n3)c2)cn1C. The molecule has 168 valence electrons. The van der Waals surface area contributed by atoms with E-state index in [9.17, 15) is 8.42 Å². The van der Waals surface area contributed by atoms with Gasteiger partial charge in [0.15, 0.2) is 10.9 Å². The minimum absolute atomic E-state index is 0.0673. The summed E-state index contributed by atoms with van der Waals surface area (Å²) < 4.78 is 31.7. The van der Waals surface area contributed by atoms with Gasteiger partial charge in [0.2, 0.25) is 15.0 Å². The Morgan fingerprint density at radius 1 is 1.21 bits per heavy atom. The molecule has 5 aromatic rings. The molecular weight excluding hydrogens is 482 g/mol. The van der Waals surface area contributed by atoms with Crippen molar-refractivity contribution in [1.29, 1.82) is 0 Å². The van der Waals surface area contributed by atoms with Crippen LogP contribution in [-0.2, 0) is 22.6 Å². The van der Waals surface area contributed by atoms with E-state index >= 15 is 0 Å². The number of aryl methyl sites for hydroxylation is 2. The van der Waals surface area contributed by atoms with Crippen molar-refractivity contribution < 1.29 is 8.42 Å². The second-order valence-electron chi connectivity index (χ2n) is 7.50. The maximum atomic E-state index is 12.8. The van der Waals surface area contributed by atoms with Gasteiger partial charge >= 0.3 is 0 Å². The summed E-state index contributed by atoms with van der Waals surface area (Å²) in [5.74, 6) is 0.976. The van der Waals surface area contributed by atoms with E-state index in [-0.39, 0.29) is 10.8 Å². The summed E-state index contributed by atoms with van der Waals surface area (Å²) in [6, 6.07) is 10.9. The van der Waals surface area contributed by atoms with E-state index in [1.54, 1.807) is 42.9 Å². The number of nitrogens with zero attached hydrogens (tertiary/aromatic N) is 5. The van der Waals surface area contributed by atoms with E-state index in [4.69, 9.17) is 11.6 Å². The Morgan fingerprint density at radius 2 is 2.06 bits per heavy atom. The minimum atomic E-state index is -3.57. The summed E-state index contributed by atoms with van der Waals surface area (Å²) in [5.41, 5.74) is 2.89. The predicted octanol–water partition coefficient (Wildman–Crippen LogP) is 4.49. The van der Waals surface area contributed by atoms with Gasteiger partial charge in [0, 0.05) is 35.7 Å². The van der Waals surface area contributed by atoms with E-state index in [2.05, 4.69) is 29.9 Å². The van der Waals surface area contributed by atoms with Crippen molar-refractivity contribution in [1.82, 2.24) is 29.1 Å². The molecule has 0 radical (unpaired) electrons. The Balaban J connectivity index is 1.37. The van der Waals surface area contributed by atoms with Crippen LogP contribution in [0.5, 0.6) is 0 Å². The van der Waals surface area contributed by atoms with Gasteiger partial charge in [-0.25, -0.2) is 13.4 Å². The number of imidazole rings is 1. The summed E-state index contributed by atoms with van der Waals surface area (Å²) >= 11 is 7.66. The van der Waals surface area contributed by atoms with E-state index in [1.807, 2.05) is 18.2 Å². The molecule has 12 heteroatoms. The monoisotopic (exact) mass is 499 g/mol. The Bertz CT molecular complexity index is 1570. The van der Waals surface area contributed by atoms with E-state index in [1.165, 1.54) is 17.7 Å². The largest absolute Gasteiger partial charge is 0.337 e. The van der Waals surface area contributed by atoms with E-state index in [0.29, 0.717) is 33.1 Å². The Morgan fingerprint density at radius 3 is 2.85 bits per heavy atom. The summed E-state index contributed by atoms with van der Waals surface area (Å²) in [6.07, 6.45) is 3.20. The maximum Gasteiger partial charge on any atom is 0.207 e. The average Bonchev–Trinajstić information content (AvgIpc) is 3.51. The van der Waals surface area contributed by atoms with Crippen molar-refractivity contribution >= 4 is 54.7 Å². The Kier molecular flexibility index (Phi) is 5.39. The molecule has 0 saturated heterocycles. The third-order valence-corrected chi connectivity index (χ3v) is 7.76. The van der Waals surface area contributed by atoms with Gasteiger partial charge in [0.1, 0.15) is 5.82 Å². The number of sulfone groups is 1. The van der Waals surface area contributed by atoms with Crippen LogP contribution >= 0.6 is 23.1 Å². The fourth-order valence-electron chi connectivity index (χ4n) is 3.36. The first-order valence-corrected chi connectivity index (χ1v) is 12.6. The van der Waals surface area contributed by atoms with Gasteiger partial charge in [-0.05, 0) is 30.7 Å². The second-order valence-corrected chi connectivity index (χ2v) is 10.6. The van der Waals surface area contributed by atoms with Gasteiger partial charge in [0.05, 0.1) is 28.2 Å².